The van der Waals surface area contributed by atoms with Crippen LogP contribution in [0, 0.1) is 6.92 Å². The first kappa shape index (κ1) is 16.4. The normalized spacial score (nSPS) is 11.5. The van der Waals surface area contributed by atoms with Gasteiger partial charge in [-0.2, -0.15) is 11.8 Å². The summed E-state index contributed by atoms with van der Waals surface area (Å²) in [5, 5.41) is 0.179. The summed E-state index contributed by atoms with van der Waals surface area (Å²) in [6, 6.07) is 2.94. The van der Waals surface area contributed by atoms with E-state index in [1.54, 1.807) is 30.8 Å². The average Bonchev–Trinajstić information content (AvgIpc) is 2.33. The van der Waals surface area contributed by atoms with Gasteiger partial charge in [-0.3, -0.25) is 0 Å². The largest absolute Gasteiger partial charge is 0.398 e. The van der Waals surface area contributed by atoms with Gasteiger partial charge in [-0.15, -0.1) is 6.58 Å². The second-order valence-electron chi connectivity index (χ2n) is 3.90. The summed E-state index contributed by atoms with van der Waals surface area (Å²) < 4.78 is 26.6. The number of aryl methyl sites for hydroxylation is 1. The maximum atomic E-state index is 12.1. The third kappa shape index (κ3) is 4.72. The molecule has 0 bridgehead atoms. The standard InChI is InChI=1S/C12H17ClN2O2S2/c1-3-5-18-6-4-15-19(16,17)12-8-11(14)9(2)7-10(12)13/h3,7-8,15H,1,4-6,14H2,2H3. The Bertz CT molecular complexity index is 559. The molecule has 3 N–H and O–H groups in total. The zero-order valence-corrected chi connectivity index (χ0v) is 13.0. The highest BCUT2D eigenvalue weighted by atomic mass is 35.5. The SMILES string of the molecule is C=CCSCCNS(=O)(=O)c1cc(N)c(C)cc1Cl. The monoisotopic (exact) mass is 320 g/mol. The molecule has 19 heavy (non-hydrogen) atoms. The number of thioether (sulfide) groups is 1. The minimum Gasteiger partial charge on any atom is -0.398 e. The molecular formula is C12H17ClN2O2S2. The summed E-state index contributed by atoms with van der Waals surface area (Å²) in [6.45, 7) is 5.71. The molecular weight excluding hydrogens is 304 g/mol. The quantitative estimate of drug-likeness (QED) is 0.460. The first-order valence-electron chi connectivity index (χ1n) is 5.62. The van der Waals surface area contributed by atoms with Crippen LogP contribution >= 0.6 is 23.4 Å². The Kier molecular flexibility index (Phi) is 6.19. The summed E-state index contributed by atoms with van der Waals surface area (Å²) in [6.07, 6.45) is 1.77. The molecule has 0 aliphatic carbocycles. The zero-order chi connectivity index (χ0) is 14.5. The topological polar surface area (TPSA) is 72.2 Å². The minimum atomic E-state index is -3.62. The number of halogens is 1. The molecule has 0 heterocycles. The molecule has 0 spiro atoms. The van der Waals surface area contributed by atoms with Gasteiger partial charge in [0.2, 0.25) is 10.0 Å². The van der Waals surface area contributed by atoms with Crippen LogP contribution in [0.5, 0.6) is 0 Å². The average molecular weight is 321 g/mol. The summed E-state index contributed by atoms with van der Waals surface area (Å²) >= 11 is 7.55. The van der Waals surface area contributed by atoms with Crippen molar-refractivity contribution in [2.75, 3.05) is 23.8 Å². The highest BCUT2D eigenvalue weighted by Crippen LogP contribution is 2.26. The maximum Gasteiger partial charge on any atom is 0.242 e. The molecule has 1 aromatic rings. The lowest BCUT2D eigenvalue weighted by molar-refractivity contribution is 0.584. The van der Waals surface area contributed by atoms with Crippen LogP contribution < -0.4 is 10.5 Å². The molecule has 106 valence electrons. The second-order valence-corrected chi connectivity index (χ2v) is 7.19. The van der Waals surface area contributed by atoms with Crippen molar-refractivity contribution in [2.24, 2.45) is 0 Å². The van der Waals surface area contributed by atoms with E-state index in [1.807, 2.05) is 0 Å². The van der Waals surface area contributed by atoms with Gasteiger partial charge < -0.3 is 5.73 Å². The highest BCUT2D eigenvalue weighted by molar-refractivity contribution is 7.99. The van der Waals surface area contributed by atoms with E-state index in [9.17, 15) is 8.42 Å². The highest BCUT2D eigenvalue weighted by Gasteiger charge is 2.18. The molecule has 4 nitrogen and oxygen atoms in total. The van der Waals surface area contributed by atoms with Crippen molar-refractivity contribution in [3.05, 3.63) is 35.4 Å². The summed E-state index contributed by atoms with van der Waals surface area (Å²) in [5.41, 5.74) is 6.88. The second kappa shape index (κ2) is 7.19. The van der Waals surface area contributed by atoms with Crippen molar-refractivity contribution < 1.29 is 8.42 Å². The molecule has 7 heteroatoms. The number of benzene rings is 1. The maximum absolute atomic E-state index is 12.1. The minimum absolute atomic E-state index is 0.0194. The lowest BCUT2D eigenvalue weighted by atomic mass is 10.2. The third-order valence-corrected chi connectivity index (χ3v) is 5.27. The zero-order valence-electron chi connectivity index (χ0n) is 10.6. The van der Waals surface area contributed by atoms with Crippen LogP contribution in [0.1, 0.15) is 5.56 Å². The van der Waals surface area contributed by atoms with Gasteiger partial charge in [0, 0.05) is 23.7 Å². The van der Waals surface area contributed by atoms with Crippen molar-refractivity contribution in [3.63, 3.8) is 0 Å². The van der Waals surface area contributed by atoms with Crippen LogP contribution in [-0.2, 0) is 10.0 Å². The predicted octanol–water partition coefficient (Wildman–Crippen LogP) is 2.43. The van der Waals surface area contributed by atoms with Crippen LogP contribution in [-0.4, -0.2) is 26.5 Å². The van der Waals surface area contributed by atoms with Crippen molar-refractivity contribution in [1.82, 2.24) is 4.72 Å². The fourth-order valence-corrected chi connectivity index (χ4v) is 3.72. The number of nitrogens with two attached hydrogens (primary N) is 1. The van der Waals surface area contributed by atoms with Gasteiger partial charge in [0.05, 0.1) is 5.02 Å². The van der Waals surface area contributed by atoms with Gasteiger partial charge in [0.15, 0.2) is 0 Å². The third-order valence-electron chi connectivity index (χ3n) is 2.38. The number of nitrogen functional groups attached to an aromatic ring is 1. The van der Waals surface area contributed by atoms with Gasteiger partial charge in [0.25, 0.3) is 0 Å². The number of rotatable bonds is 7. The molecule has 0 aromatic heterocycles. The molecule has 0 aliphatic heterocycles. The van der Waals surface area contributed by atoms with Gasteiger partial charge in [-0.05, 0) is 24.6 Å². The molecule has 0 radical (unpaired) electrons. The van der Waals surface area contributed by atoms with E-state index in [0.29, 0.717) is 18.0 Å². The molecule has 0 fully saturated rings. The molecule has 1 aromatic carbocycles. The van der Waals surface area contributed by atoms with E-state index in [0.717, 1.165) is 11.3 Å². The van der Waals surface area contributed by atoms with E-state index in [1.165, 1.54) is 6.07 Å². The first-order chi connectivity index (χ1) is 8.88. The van der Waals surface area contributed by atoms with Gasteiger partial charge >= 0.3 is 0 Å². The van der Waals surface area contributed by atoms with Gasteiger partial charge in [-0.1, -0.05) is 17.7 Å². The van der Waals surface area contributed by atoms with Crippen molar-refractivity contribution in [1.29, 1.82) is 0 Å². The predicted molar refractivity (Wildman–Crippen MR) is 83.3 cm³/mol. The van der Waals surface area contributed by atoms with Crippen LogP contribution in [0.15, 0.2) is 29.7 Å². The molecule has 0 saturated carbocycles. The molecule has 0 saturated heterocycles. The number of hydrogen-bond donors (Lipinski definition) is 2. The Morgan fingerprint density at radius 2 is 2.21 bits per heavy atom. The molecule has 0 amide bonds. The van der Waals surface area contributed by atoms with E-state index in [4.69, 9.17) is 17.3 Å². The Morgan fingerprint density at radius 3 is 2.84 bits per heavy atom. The van der Waals surface area contributed by atoms with E-state index >= 15 is 0 Å². The Hall–Kier alpha value is -0.690. The van der Waals surface area contributed by atoms with Crippen LogP contribution in [0.4, 0.5) is 5.69 Å². The molecule has 0 aliphatic rings. The Labute approximate surface area is 123 Å². The lowest BCUT2D eigenvalue weighted by Crippen LogP contribution is -2.26. The van der Waals surface area contributed by atoms with E-state index < -0.39 is 10.0 Å². The number of nitrogens with one attached hydrogen (secondary N) is 1. The molecule has 0 atom stereocenters. The lowest BCUT2D eigenvalue weighted by Gasteiger charge is -2.10. The van der Waals surface area contributed by atoms with E-state index in [2.05, 4.69) is 11.3 Å². The Morgan fingerprint density at radius 1 is 1.53 bits per heavy atom. The van der Waals surface area contributed by atoms with Crippen molar-refractivity contribution >= 4 is 39.1 Å². The fraction of sp³-hybridized carbons (Fsp3) is 0.333. The van der Waals surface area contributed by atoms with Crippen LogP contribution in [0.3, 0.4) is 0 Å². The van der Waals surface area contributed by atoms with Gasteiger partial charge in [0.1, 0.15) is 4.90 Å². The van der Waals surface area contributed by atoms with Crippen LogP contribution in [0.2, 0.25) is 5.02 Å². The van der Waals surface area contributed by atoms with Crippen LogP contribution in [0.25, 0.3) is 0 Å². The van der Waals surface area contributed by atoms with Gasteiger partial charge in [-0.25, -0.2) is 13.1 Å². The number of anilines is 1. The number of sulfonamides is 1. The first-order valence-corrected chi connectivity index (χ1v) is 8.64. The number of hydrogen-bond acceptors (Lipinski definition) is 4. The smallest absolute Gasteiger partial charge is 0.242 e. The summed E-state index contributed by atoms with van der Waals surface area (Å²) in [7, 11) is -3.62. The molecule has 0 unspecified atom stereocenters. The summed E-state index contributed by atoms with van der Waals surface area (Å²) in [5.74, 6) is 1.46. The molecule has 1 rings (SSSR count). The van der Waals surface area contributed by atoms with E-state index in [-0.39, 0.29) is 9.92 Å². The Balaban J connectivity index is 2.77. The fourth-order valence-electron chi connectivity index (χ4n) is 1.37. The summed E-state index contributed by atoms with van der Waals surface area (Å²) in [4.78, 5) is 0.0194. The van der Waals surface area contributed by atoms with Crippen molar-refractivity contribution in [2.45, 2.75) is 11.8 Å². The van der Waals surface area contributed by atoms with Crippen molar-refractivity contribution in [3.8, 4) is 0 Å².